The largest absolute Gasteiger partial charge is 0.497 e. The van der Waals surface area contributed by atoms with E-state index in [1.54, 1.807) is 21.0 Å². The summed E-state index contributed by atoms with van der Waals surface area (Å²) in [5, 5.41) is 24.3. The summed E-state index contributed by atoms with van der Waals surface area (Å²) < 4.78 is 9.18. The van der Waals surface area contributed by atoms with Crippen molar-refractivity contribution in [2.24, 2.45) is 0 Å². The third-order valence-electron chi connectivity index (χ3n) is 8.09. The second-order valence-electron chi connectivity index (χ2n) is 12.1. The quantitative estimate of drug-likeness (QED) is 0.261. The van der Waals surface area contributed by atoms with Crippen molar-refractivity contribution in [3.8, 4) is 5.75 Å². The zero-order valence-corrected chi connectivity index (χ0v) is 25.1. The predicted octanol–water partition coefficient (Wildman–Crippen LogP) is 5.26. The third-order valence-corrected chi connectivity index (χ3v) is 8.09. The molecule has 1 unspecified atom stereocenters. The Morgan fingerprint density at radius 3 is 2.71 bits per heavy atom. The van der Waals surface area contributed by atoms with Crippen molar-refractivity contribution in [1.82, 2.24) is 29.4 Å². The molecule has 1 aliphatic heterocycles. The van der Waals surface area contributed by atoms with Gasteiger partial charge in [-0.1, -0.05) is 24.6 Å². The summed E-state index contributed by atoms with van der Waals surface area (Å²) in [7, 11) is 1.67. The van der Waals surface area contributed by atoms with E-state index in [-0.39, 0.29) is 5.92 Å². The van der Waals surface area contributed by atoms with Crippen LogP contribution in [0.2, 0.25) is 0 Å². The number of methoxy groups -OCH3 is 1. The highest BCUT2D eigenvalue weighted by molar-refractivity contribution is 5.93. The summed E-state index contributed by atoms with van der Waals surface area (Å²) in [6.07, 6.45) is 7.12. The lowest BCUT2D eigenvalue weighted by molar-refractivity contribution is 0.0577. The molecule has 0 spiro atoms. The van der Waals surface area contributed by atoms with E-state index in [2.05, 4.69) is 47.4 Å². The smallest absolute Gasteiger partial charge is 0.226 e. The Balaban J connectivity index is 1.34. The average Bonchev–Trinajstić information content (AvgIpc) is 3.53. The van der Waals surface area contributed by atoms with Gasteiger partial charge >= 0.3 is 0 Å². The van der Waals surface area contributed by atoms with Gasteiger partial charge in [-0.05, 0) is 69.4 Å². The SMILES string of the molecule is COc1ccc2c(c1)nc(NCc1ccc(C)c(C)c1)n1nc(C3CCCCN(c4cnn(CC(C)(C)O)c4)C3)nc21. The zero-order valence-electron chi connectivity index (χ0n) is 25.1. The Hall–Kier alpha value is -4.18. The van der Waals surface area contributed by atoms with Crippen molar-refractivity contribution in [3.63, 3.8) is 0 Å². The van der Waals surface area contributed by atoms with Crippen molar-refractivity contribution >= 4 is 28.2 Å². The average molecular weight is 569 g/mol. The molecule has 42 heavy (non-hydrogen) atoms. The molecule has 5 aromatic rings. The van der Waals surface area contributed by atoms with Crippen LogP contribution in [-0.4, -0.2) is 60.3 Å². The summed E-state index contributed by atoms with van der Waals surface area (Å²) >= 11 is 0. The fourth-order valence-electron chi connectivity index (χ4n) is 5.70. The van der Waals surface area contributed by atoms with Gasteiger partial charge < -0.3 is 20.1 Å². The minimum Gasteiger partial charge on any atom is -0.497 e. The number of hydrogen-bond donors (Lipinski definition) is 2. The van der Waals surface area contributed by atoms with Crippen LogP contribution in [0.25, 0.3) is 16.6 Å². The minimum absolute atomic E-state index is 0.158. The molecule has 0 aliphatic carbocycles. The maximum absolute atomic E-state index is 10.2. The Labute approximate surface area is 246 Å². The van der Waals surface area contributed by atoms with E-state index in [1.165, 1.54) is 16.7 Å². The number of aryl methyl sites for hydroxylation is 2. The molecule has 2 aromatic carbocycles. The highest BCUT2D eigenvalue weighted by atomic mass is 16.5. The zero-order chi connectivity index (χ0) is 29.4. The van der Waals surface area contributed by atoms with Crippen LogP contribution >= 0.6 is 0 Å². The molecule has 10 nitrogen and oxygen atoms in total. The molecule has 0 saturated carbocycles. The number of hydrogen-bond acceptors (Lipinski definition) is 8. The second kappa shape index (κ2) is 11.2. The van der Waals surface area contributed by atoms with Crippen LogP contribution in [0.1, 0.15) is 61.5 Å². The van der Waals surface area contributed by atoms with Gasteiger partial charge in [0.2, 0.25) is 5.95 Å². The van der Waals surface area contributed by atoms with Crippen molar-refractivity contribution in [3.05, 3.63) is 71.3 Å². The number of benzene rings is 2. The molecule has 1 atom stereocenters. The van der Waals surface area contributed by atoms with E-state index in [9.17, 15) is 5.11 Å². The fourth-order valence-corrected chi connectivity index (χ4v) is 5.70. The molecular formula is C32H40N8O2. The van der Waals surface area contributed by atoms with Gasteiger partial charge in [0.25, 0.3) is 0 Å². The van der Waals surface area contributed by atoms with Gasteiger partial charge in [-0.15, -0.1) is 5.10 Å². The normalized spacial score (nSPS) is 16.2. The van der Waals surface area contributed by atoms with Crippen LogP contribution in [0.15, 0.2) is 48.8 Å². The van der Waals surface area contributed by atoms with Gasteiger partial charge in [-0.25, -0.2) is 9.97 Å². The van der Waals surface area contributed by atoms with E-state index < -0.39 is 5.60 Å². The molecule has 220 valence electrons. The summed E-state index contributed by atoms with van der Waals surface area (Å²) in [5.41, 5.74) is 5.56. The van der Waals surface area contributed by atoms with Gasteiger partial charge in [-0.3, -0.25) is 4.68 Å². The van der Waals surface area contributed by atoms with Crippen LogP contribution < -0.4 is 15.0 Å². The Kier molecular flexibility index (Phi) is 7.49. The maximum atomic E-state index is 10.2. The number of fused-ring (bicyclic) bond motifs is 3. The van der Waals surface area contributed by atoms with Crippen LogP contribution in [0.5, 0.6) is 5.75 Å². The van der Waals surface area contributed by atoms with E-state index in [1.807, 2.05) is 39.8 Å². The summed E-state index contributed by atoms with van der Waals surface area (Å²) in [6.45, 7) is 10.7. The molecule has 1 aliphatic rings. The van der Waals surface area contributed by atoms with Gasteiger partial charge in [0, 0.05) is 43.2 Å². The molecule has 1 saturated heterocycles. The molecule has 10 heteroatoms. The van der Waals surface area contributed by atoms with Crippen molar-refractivity contribution < 1.29 is 9.84 Å². The number of rotatable bonds is 8. The highest BCUT2D eigenvalue weighted by Gasteiger charge is 2.26. The molecule has 0 amide bonds. The maximum Gasteiger partial charge on any atom is 0.226 e. The van der Waals surface area contributed by atoms with Gasteiger partial charge in [0.1, 0.15) is 5.75 Å². The minimum atomic E-state index is -0.823. The monoisotopic (exact) mass is 568 g/mol. The predicted molar refractivity (Wildman–Crippen MR) is 165 cm³/mol. The molecule has 0 radical (unpaired) electrons. The van der Waals surface area contributed by atoms with E-state index >= 15 is 0 Å². The third kappa shape index (κ3) is 5.90. The fraction of sp³-hybridized carbons (Fsp3) is 0.438. The lowest BCUT2D eigenvalue weighted by Gasteiger charge is -2.23. The molecule has 2 N–H and O–H groups in total. The Bertz CT molecular complexity index is 1720. The Morgan fingerprint density at radius 2 is 1.93 bits per heavy atom. The summed E-state index contributed by atoms with van der Waals surface area (Å²) in [6, 6.07) is 12.4. The molecule has 0 bridgehead atoms. The molecular weight excluding hydrogens is 528 g/mol. The molecule has 3 aromatic heterocycles. The first-order valence-corrected chi connectivity index (χ1v) is 14.7. The van der Waals surface area contributed by atoms with Gasteiger partial charge in [-0.2, -0.15) is 9.61 Å². The molecule has 4 heterocycles. The second-order valence-corrected chi connectivity index (χ2v) is 12.1. The highest BCUT2D eigenvalue weighted by Crippen LogP contribution is 2.31. The number of nitrogens with one attached hydrogen (secondary N) is 1. The van der Waals surface area contributed by atoms with Crippen LogP contribution in [0.4, 0.5) is 11.6 Å². The lowest BCUT2D eigenvalue weighted by Crippen LogP contribution is -2.28. The van der Waals surface area contributed by atoms with E-state index in [0.29, 0.717) is 19.0 Å². The molecule has 6 rings (SSSR count). The first-order valence-electron chi connectivity index (χ1n) is 14.7. The summed E-state index contributed by atoms with van der Waals surface area (Å²) in [5.74, 6) is 2.39. The lowest BCUT2D eigenvalue weighted by atomic mass is 10.0. The van der Waals surface area contributed by atoms with Crippen molar-refractivity contribution in [2.45, 2.75) is 71.6 Å². The number of anilines is 2. The number of aromatic nitrogens is 6. The van der Waals surface area contributed by atoms with Crippen molar-refractivity contribution in [1.29, 1.82) is 0 Å². The van der Waals surface area contributed by atoms with Crippen LogP contribution in [0, 0.1) is 13.8 Å². The standard InChI is InChI=1S/C32H40N8O2/c1-21-9-10-23(14-22(21)2)16-33-31-35-28-15-26(42-5)11-12-27(28)30-36-29(37-40(30)31)24-8-6-7-13-38(18-24)25-17-34-39(19-25)20-32(3,4)41/h9-12,14-15,17,19,24,41H,6-8,13,16,18,20H2,1-5H3,(H,33,35). The Morgan fingerprint density at radius 1 is 1.07 bits per heavy atom. The van der Waals surface area contributed by atoms with E-state index in [4.69, 9.17) is 19.8 Å². The first kappa shape index (κ1) is 28.0. The van der Waals surface area contributed by atoms with Gasteiger partial charge in [0.05, 0.1) is 36.7 Å². The van der Waals surface area contributed by atoms with Crippen molar-refractivity contribution in [2.75, 3.05) is 30.4 Å². The number of nitrogens with zero attached hydrogens (tertiary/aromatic N) is 7. The molecule has 1 fully saturated rings. The van der Waals surface area contributed by atoms with E-state index in [0.717, 1.165) is 66.2 Å². The first-order chi connectivity index (χ1) is 20.2. The summed E-state index contributed by atoms with van der Waals surface area (Å²) in [4.78, 5) is 12.5. The topological polar surface area (TPSA) is 106 Å². The van der Waals surface area contributed by atoms with Crippen LogP contribution in [0.3, 0.4) is 0 Å². The van der Waals surface area contributed by atoms with Gasteiger partial charge in [0.15, 0.2) is 11.5 Å². The van der Waals surface area contributed by atoms with Crippen LogP contribution in [-0.2, 0) is 13.1 Å². The number of ether oxygens (including phenoxy) is 1. The number of aliphatic hydroxyl groups is 1.